The predicted octanol–water partition coefficient (Wildman–Crippen LogP) is 2.76. The van der Waals surface area contributed by atoms with E-state index < -0.39 is 0 Å². The van der Waals surface area contributed by atoms with E-state index in [1.54, 1.807) is 0 Å². The van der Waals surface area contributed by atoms with Crippen molar-refractivity contribution in [1.82, 2.24) is 9.78 Å². The van der Waals surface area contributed by atoms with E-state index in [4.69, 9.17) is 17.3 Å². The van der Waals surface area contributed by atoms with Gasteiger partial charge in [-0.1, -0.05) is 30.7 Å². The summed E-state index contributed by atoms with van der Waals surface area (Å²) in [6.07, 6.45) is 2.93. The lowest BCUT2D eigenvalue weighted by Gasteiger charge is -2.05. The molecule has 2 aromatic rings. The molecule has 0 aliphatic heterocycles. The molecule has 1 heterocycles. The molecule has 1 aromatic heterocycles. The van der Waals surface area contributed by atoms with E-state index in [0.29, 0.717) is 6.54 Å². The lowest BCUT2D eigenvalue weighted by atomic mass is 10.0. The molecular weight excluding hydrogens is 234 g/mol. The number of hydrogen-bond acceptors (Lipinski definition) is 2. The van der Waals surface area contributed by atoms with Crippen LogP contribution in [0.15, 0.2) is 24.4 Å². The van der Waals surface area contributed by atoms with E-state index in [0.717, 1.165) is 33.8 Å². The van der Waals surface area contributed by atoms with Gasteiger partial charge in [0.15, 0.2) is 0 Å². The van der Waals surface area contributed by atoms with E-state index in [-0.39, 0.29) is 0 Å². The highest BCUT2D eigenvalue weighted by Crippen LogP contribution is 2.27. The summed E-state index contributed by atoms with van der Waals surface area (Å²) in [7, 11) is 1.93. The quantitative estimate of drug-likeness (QED) is 0.909. The highest BCUT2D eigenvalue weighted by atomic mass is 35.5. The van der Waals surface area contributed by atoms with Gasteiger partial charge in [0.2, 0.25) is 0 Å². The number of aryl methyl sites for hydroxylation is 2. The molecular formula is C13H16ClN3. The topological polar surface area (TPSA) is 43.8 Å². The normalized spacial score (nSPS) is 10.8. The van der Waals surface area contributed by atoms with Crippen molar-refractivity contribution in [3.63, 3.8) is 0 Å². The zero-order valence-corrected chi connectivity index (χ0v) is 10.8. The molecule has 4 heteroatoms. The van der Waals surface area contributed by atoms with Crippen molar-refractivity contribution in [3.05, 3.63) is 40.7 Å². The number of halogens is 1. The fourth-order valence-electron chi connectivity index (χ4n) is 1.92. The van der Waals surface area contributed by atoms with E-state index in [1.165, 1.54) is 0 Å². The minimum atomic E-state index is 0.465. The van der Waals surface area contributed by atoms with Crippen molar-refractivity contribution in [2.75, 3.05) is 0 Å². The first kappa shape index (κ1) is 12.1. The van der Waals surface area contributed by atoms with Crippen LogP contribution < -0.4 is 5.73 Å². The Labute approximate surface area is 106 Å². The summed E-state index contributed by atoms with van der Waals surface area (Å²) in [6, 6.07) is 5.98. The second-order valence-electron chi connectivity index (χ2n) is 4.03. The second-order valence-corrected chi connectivity index (χ2v) is 4.43. The Hall–Kier alpha value is -1.32. The van der Waals surface area contributed by atoms with E-state index >= 15 is 0 Å². The van der Waals surface area contributed by atoms with Gasteiger partial charge in [0, 0.05) is 30.4 Å². The molecule has 0 saturated carbocycles. The van der Waals surface area contributed by atoms with Gasteiger partial charge in [-0.2, -0.15) is 5.10 Å². The molecule has 2 N–H and O–H groups in total. The van der Waals surface area contributed by atoms with Crippen LogP contribution in [0.2, 0.25) is 5.02 Å². The summed E-state index contributed by atoms with van der Waals surface area (Å²) in [5.41, 5.74) is 9.89. The monoisotopic (exact) mass is 249 g/mol. The van der Waals surface area contributed by atoms with Crippen molar-refractivity contribution in [1.29, 1.82) is 0 Å². The van der Waals surface area contributed by atoms with E-state index in [1.807, 2.05) is 36.1 Å². The van der Waals surface area contributed by atoms with Crippen LogP contribution in [0.1, 0.15) is 18.2 Å². The van der Waals surface area contributed by atoms with Gasteiger partial charge in [-0.05, 0) is 23.6 Å². The van der Waals surface area contributed by atoms with Crippen molar-refractivity contribution in [2.45, 2.75) is 19.9 Å². The molecule has 0 saturated heterocycles. The molecule has 3 nitrogen and oxygen atoms in total. The maximum absolute atomic E-state index is 6.17. The SMILES string of the molecule is CCc1nn(C)cc1-c1ccc(CN)c(Cl)c1. The molecule has 0 radical (unpaired) electrons. The first-order chi connectivity index (χ1) is 8.15. The molecule has 0 aliphatic carbocycles. The third kappa shape index (κ3) is 2.35. The number of aromatic nitrogens is 2. The second kappa shape index (κ2) is 4.90. The van der Waals surface area contributed by atoms with Gasteiger partial charge in [0.05, 0.1) is 5.69 Å². The first-order valence-corrected chi connectivity index (χ1v) is 6.05. The smallest absolute Gasteiger partial charge is 0.0700 e. The van der Waals surface area contributed by atoms with Gasteiger partial charge in [-0.3, -0.25) is 4.68 Å². The fraction of sp³-hybridized carbons (Fsp3) is 0.308. The molecule has 0 bridgehead atoms. The molecule has 17 heavy (non-hydrogen) atoms. The van der Waals surface area contributed by atoms with Crippen LogP contribution in [-0.4, -0.2) is 9.78 Å². The minimum absolute atomic E-state index is 0.465. The standard InChI is InChI=1S/C13H16ClN3/c1-3-13-11(8-17(2)16-13)9-4-5-10(7-15)12(14)6-9/h4-6,8H,3,7,15H2,1-2H3. The minimum Gasteiger partial charge on any atom is -0.326 e. The highest BCUT2D eigenvalue weighted by molar-refractivity contribution is 6.31. The maximum atomic E-state index is 6.17. The Morgan fingerprint density at radius 2 is 2.18 bits per heavy atom. The number of nitrogens with two attached hydrogens (primary N) is 1. The summed E-state index contributed by atoms with van der Waals surface area (Å²) < 4.78 is 1.83. The van der Waals surface area contributed by atoms with Crippen LogP contribution in [0.5, 0.6) is 0 Å². The summed E-state index contributed by atoms with van der Waals surface area (Å²) in [5, 5.41) is 5.15. The molecule has 90 valence electrons. The molecule has 1 aromatic carbocycles. The van der Waals surface area contributed by atoms with Crippen LogP contribution >= 0.6 is 11.6 Å². The van der Waals surface area contributed by atoms with Crippen LogP contribution in [0, 0.1) is 0 Å². The van der Waals surface area contributed by atoms with Crippen molar-refractivity contribution >= 4 is 11.6 Å². The highest BCUT2D eigenvalue weighted by Gasteiger charge is 2.09. The predicted molar refractivity (Wildman–Crippen MR) is 70.9 cm³/mol. The molecule has 0 aliphatic rings. The Kier molecular flexibility index (Phi) is 3.50. The molecule has 0 fully saturated rings. The van der Waals surface area contributed by atoms with Crippen LogP contribution in [0.3, 0.4) is 0 Å². The lowest BCUT2D eigenvalue weighted by molar-refractivity contribution is 0.746. The Balaban J connectivity index is 2.49. The van der Waals surface area contributed by atoms with Gasteiger partial charge in [0.25, 0.3) is 0 Å². The zero-order chi connectivity index (χ0) is 12.4. The fourth-order valence-corrected chi connectivity index (χ4v) is 2.17. The molecule has 0 spiro atoms. The Bertz CT molecular complexity index is 531. The number of benzene rings is 1. The average molecular weight is 250 g/mol. The summed E-state index contributed by atoms with van der Waals surface area (Å²) in [6.45, 7) is 2.56. The van der Waals surface area contributed by atoms with E-state index in [2.05, 4.69) is 12.0 Å². The van der Waals surface area contributed by atoms with Gasteiger partial charge in [-0.15, -0.1) is 0 Å². The maximum Gasteiger partial charge on any atom is 0.0700 e. The zero-order valence-electron chi connectivity index (χ0n) is 10.1. The average Bonchev–Trinajstić information content (AvgIpc) is 2.70. The largest absolute Gasteiger partial charge is 0.326 e. The Morgan fingerprint density at radius 1 is 1.41 bits per heavy atom. The summed E-state index contributed by atoms with van der Waals surface area (Å²) in [4.78, 5) is 0. The van der Waals surface area contributed by atoms with Gasteiger partial charge < -0.3 is 5.73 Å². The molecule has 0 unspecified atom stereocenters. The third-order valence-corrected chi connectivity index (χ3v) is 3.18. The van der Waals surface area contributed by atoms with Crippen molar-refractivity contribution in [3.8, 4) is 11.1 Å². The van der Waals surface area contributed by atoms with Crippen LogP contribution in [0.4, 0.5) is 0 Å². The summed E-state index contributed by atoms with van der Waals surface area (Å²) >= 11 is 6.17. The number of nitrogens with zero attached hydrogens (tertiary/aromatic N) is 2. The van der Waals surface area contributed by atoms with Crippen LogP contribution in [0.25, 0.3) is 11.1 Å². The first-order valence-electron chi connectivity index (χ1n) is 5.67. The van der Waals surface area contributed by atoms with E-state index in [9.17, 15) is 0 Å². The number of rotatable bonds is 3. The third-order valence-electron chi connectivity index (χ3n) is 2.82. The van der Waals surface area contributed by atoms with Crippen molar-refractivity contribution in [2.24, 2.45) is 12.8 Å². The van der Waals surface area contributed by atoms with Crippen LogP contribution in [-0.2, 0) is 20.0 Å². The van der Waals surface area contributed by atoms with Crippen molar-refractivity contribution < 1.29 is 0 Å². The molecule has 2 rings (SSSR count). The number of hydrogen-bond donors (Lipinski definition) is 1. The van der Waals surface area contributed by atoms with Gasteiger partial charge >= 0.3 is 0 Å². The summed E-state index contributed by atoms with van der Waals surface area (Å²) in [5.74, 6) is 0. The lowest BCUT2D eigenvalue weighted by Crippen LogP contribution is -1.97. The van der Waals surface area contributed by atoms with Gasteiger partial charge in [0.1, 0.15) is 0 Å². The Morgan fingerprint density at radius 3 is 2.76 bits per heavy atom. The van der Waals surface area contributed by atoms with Gasteiger partial charge in [-0.25, -0.2) is 0 Å². The molecule has 0 atom stereocenters. The molecule has 0 amide bonds.